The Morgan fingerprint density at radius 1 is 0.433 bits per heavy atom. The van der Waals surface area contributed by atoms with Crippen molar-refractivity contribution in [2.75, 3.05) is 0 Å². The molecule has 0 aliphatic carbocycles. The second kappa shape index (κ2) is 12.3. The molecule has 0 aliphatic rings. The van der Waals surface area contributed by atoms with Crippen LogP contribution in [0.15, 0.2) is 43.8 Å². The summed E-state index contributed by atoms with van der Waals surface area (Å²) in [6, 6.07) is 1.32. The summed E-state index contributed by atoms with van der Waals surface area (Å²) in [6.07, 6.45) is 0. The molecular weight excluding hydrogens is 532 g/mol. The minimum absolute atomic E-state index is 0. The van der Waals surface area contributed by atoms with Crippen LogP contribution in [0.3, 0.4) is 0 Å². The molecule has 0 atom stereocenters. The second-order valence-corrected chi connectivity index (χ2v) is 10.5. The van der Waals surface area contributed by atoms with Gasteiger partial charge < -0.3 is 0 Å². The van der Waals surface area contributed by atoms with Crippen LogP contribution in [0.1, 0.15) is 0 Å². The summed E-state index contributed by atoms with van der Waals surface area (Å²) in [4.78, 5) is -4.92. The van der Waals surface area contributed by atoms with Crippen LogP contribution in [-0.2, 0) is 40.5 Å². The molecule has 2 rings (SSSR count). The third-order valence-corrected chi connectivity index (χ3v) is 6.54. The SMILES string of the molecule is O=S(=O)(O)c1cc(S(=O)(=O)O)c2cc(S(=O)(=O)O)cc(S(=O)(=O)O)c2c1.[Na].[Na].[Na].[Na]. The van der Waals surface area contributed by atoms with Crippen LogP contribution in [-0.4, -0.2) is 170 Å². The summed E-state index contributed by atoms with van der Waals surface area (Å²) in [5.74, 6) is 0. The quantitative estimate of drug-likeness (QED) is 0.252. The van der Waals surface area contributed by atoms with Crippen molar-refractivity contribution in [3.8, 4) is 0 Å². The van der Waals surface area contributed by atoms with Gasteiger partial charge in [-0.3, -0.25) is 18.2 Å². The van der Waals surface area contributed by atoms with Crippen LogP contribution in [0.5, 0.6) is 0 Å². The fraction of sp³-hybridized carbons (Fsp3) is 0. The van der Waals surface area contributed by atoms with Gasteiger partial charge in [-0.15, -0.1) is 0 Å². The minimum Gasteiger partial charge on any atom is -0.282 e. The average Bonchev–Trinajstić information content (AvgIpc) is 2.40. The van der Waals surface area contributed by atoms with Gasteiger partial charge in [0.2, 0.25) is 0 Å². The number of hydrogen-bond donors (Lipinski definition) is 4. The molecule has 0 saturated carbocycles. The maximum absolute atomic E-state index is 11.5. The Kier molecular flexibility index (Phi) is 15.2. The predicted molar refractivity (Wildman–Crippen MR) is 106 cm³/mol. The smallest absolute Gasteiger partial charge is 0.282 e. The van der Waals surface area contributed by atoms with Gasteiger partial charge in [0.05, 0.1) is 9.79 Å². The monoisotopic (exact) mass is 540 g/mol. The number of fused-ring (bicyclic) bond motifs is 1. The van der Waals surface area contributed by atoms with Gasteiger partial charge in [-0.25, -0.2) is 0 Å². The fourth-order valence-corrected chi connectivity index (χ4v) is 4.73. The summed E-state index contributed by atoms with van der Waals surface area (Å²) in [5, 5.41) is -1.72. The normalized spacial score (nSPS) is 12.0. The Bertz CT molecular complexity index is 1260. The molecule has 0 heterocycles. The Morgan fingerprint density at radius 3 is 0.833 bits per heavy atom. The molecule has 0 spiro atoms. The van der Waals surface area contributed by atoms with E-state index in [4.69, 9.17) is 9.11 Å². The first-order valence-electron chi connectivity index (χ1n) is 5.94. The third kappa shape index (κ3) is 8.84. The molecule has 2 aromatic carbocycles. The maximum atomic E-state index is 11.5. The molecule has 12 nitrogen and oxygen atoms in total. The first kappa shape index (κ1) is 36.9. The minimum atomic E-state index is -5.27. The first-order valence-corrected chi connectivity index (χ1v) is 11.7. The van der Waals surface area contributed by atoms with Crippen molar-refractivity contribution in [1.29, 1.82) is 0 Å². The van der Waals surface area contributed by atoms with E-state index >= 15 is 0 Å². The van der Waals surface area contributed by atoms with Crippen LogP contribution in [0.4, 0.5) is 0 Å². The van der Waals surface area contributed by atoms with Crippen molar-refractivity contribution in [1.82, 2.24) is 0 Å². The standard InChI is InChI=1S/C10H8O12S4.4Na/c11-23(12,13)5-1-7-8(10(3-5)26(20,21)22)2-6(24(14,15)16)4-9(7)25(17,18)19;;;;/h1-4H,(H,11,12,13)(H,14,15,16)(H,17,18,19)(H,20,21,22);;;;. The van der Waals surface area contributed by atoms with E-state index in [1.54, 1.807) is 0 Å². The van der Waals surface area contributed by atoms with Gasteiger partial charge in [-0.05, 0) is 24.3 Å². The topological polar surface area (TPSA) is 217 Å². The average molecular weight is 540 g/mol. The Labute approximate surface area is 260 Å². The number of benzene rings is 2. The molecule has 0 fully saturated rings. The summed E-state index contributed by atoms with van der Waals surface area (Å²) < 4.78 is 128. The van der Waals surface area contributed by atoms with Crippen molar-refractivity contribution in [2.45, 2.75) is 19.6 Å². The van der Waals surface area contributed by atoms with Crippen molar-refractivity contribution in [3.05, 3.63) is 24.3 Å². The summed E-state index contributed by atoms with van der Waals surface area (Å²) in [5.41, 5.74) is 0. The largest absolute Gasteiger partial charge is 0.295 e. The maximum Gasteiger partial charge on any atom is 0.295 e. The van der Waals surface area contributed by atoms with E-state index in [1.165, 1.54) is 0 Å². The molecule has 30 heavy (non-hydrogen) atoms. The summed E-state index contributed by atoms with van der Waals surface area (Å²) in [6.45, 7) is 0. The van der Waals surface area contributed by atoms with Gasteiger partial charge >= 0.3 is 0 Å². The molecule has 2 aromatic rings. The van der Waals surface area contributed by atoms with Crippen LogP contribution in [0, 0.1) is 0 Å². The van der Waals surface area contributed by atoms with Gasteiger partial charge in [-0.1, -0.05) is 0 Å². The molecule has 0 unspecified atom stereocenters. The van der Waals surface area contributed by atoms with Crippen molar-refractivity contribution in [2.24, 2.45) is 0 Å². The molecule has 0 bridgehead atoms. The molecule has 0 aromatic heterocycles. The molecule has 4 N–H and O–H groups in total. The Hall–Kier alpha value is 2.34. The van der Waals surface area contributed by atoms with Crippen LogP contribution >= 0.6 is 0 Å². The summed E-state index contributed by atoms with van der Waals surface area (Å²) >= 11 is 0. The zero-order chi connectivity index (χ0) is 20.3. The molecule has 0 saturated heterocycles. The molecule has 20 heteroatoms. The van der Waals surface area contributed by atoms with E-state index in [9.17, 15) is 42.8 Å². The van der Waals surface area contributed by atoms with E-state index in [0.29, 0.717) is 12.1 Å². The third-order valence-electron chi connectivity index (χ3n) is 3.09. The van der Waals surface area contributed by atoms with Crippen molar-refractivity contribution < 1.29 is 51.9 Å². The Morgan fingerprint density at radius 2 is 0.667 bits per heavy atom. The second-order valence-electron chi connectivity index (χ2n) is 4.84. The van der Waals surface area contributed by atoms with Gasteiger partial charge in [0.25, 0.3) is 40.5 Å². The number of hydrogen-bond acceptors (Lipinski definition) is 8. The van der Waals surface area contributed by atoms with Crippen molar-refractivity contribution in [3.63, 3.8) is 0 Å². The first-order chi connectivity index (χ1) is 11.4. The molecular formula is C10H8Na4O12S4. The zero-order valence-corrected chi connectivity index (χ0v) is 27.3. The van der Waals surface area contributed by atoms with E-state index in [-0.39, 0.29) is 130 Å². The van der Waals surface area contributed by atoms with Gasteiger partial charge in [-0.2, -0.15) is 33.7 Å². The Balaban J connectivity index is -0.00000182. The number of rotatable bonds is 4. The van der Waals surface area contributed by atoms with Gasteiger partial charge in [0, 0.05) is 129 Å². The van der Waals surface area contributed by atoms with Crippen LogP contribution < -0.4 is 0 Å². The van der Waals surface area contributed by atoms with E-state index in [1.807, 2.05) is 0 Å². The van der Waals surface area contributed by atoms with Gasteiger partial charge in [0.15, 0.2) is 0 Å². The van der Waals surface area contributed by atoms with Crippen LogP contribution in [0.2, 0.25) is 0 Å². The van der Waals surface area contributed by atoms with E-state index in [2.05, 4.69) is 0 Å². The molecule has 148 valence electrons. The van der Waals surface area contributed by atoms with Crippen LogP contribution in [0.25, 0.3) is 10.8 Å². The van der Waals surface area contributed by atoms with E-state index in [0.717, 1.165) is 0 Å². The fourth-order valence-electron chi connectivity index (χ4n) is 2.07. The van der Waals surface area contributed by atoms with E-state index < -0.39 is 70.8 Å². The molecule has 0 amide bonds. The molecule has 4 radical (unpaired) electrons. The molecule has 0 aliphatic heterocycles. The summed E-state index contributed by atoms with van der Waals surface area (Å²) in [7, 11) is -20.7. The predicted octanol–water partition coefficient (Wildman–Crippen LogP) is -1.70. The zero-order valence-electron chi connectivity index (χ0n) is 16.0. The van der Waals surface area contributed by atoms with Gasteiger partial charge in [0.1, 0.15) is 9.79 Å². The van der Waals surface area contributed by atoms with Crippen molar-refractivity contribution >= 4 is 169 Å².